The maximum absolute atomic E-state index is 12.4. The van der Waals surface area contributed by atoms with E-state index in [1.54, 1.807) is 12.0 Å². The number of halogens is 1. The number of fused-ring (bicyclic) bond motifs is 1. The zero-order valence-corrected chi connectivity index (χ0v) is 13.1. The number of ether oxygens (including phenoxy) is 1. The van der Waals surface area contributed by atoms with Crippen LogP contribution in [0.25, 0.3) is 11.0 Å². The van der Waals surface area contributed by atoms with E-state index in [1.165, 1.54) is 0 Å². The molecule has 21 heavy (non-hydrogen) atoms. The molecule has 0 N–H and O–H groups in total. The number of hydrogen-bond acceptors (Lipinski definition) is 3. The maximum Gasteiger partial charge on any atom is 0.245 e. The van der Waals surface area contributed by atoms with Gasteiger partial charge >= 0.3 is 0 Å². The molecule has 1 aliphatic rings. The Morgan fingerprint density at radius 1 is 1.48 bits per heavy atom. The first kappa shape index (κ1) is 14.2. The number of amides is 1. The van der Waals surface area contributed by atoms with Crippen molar-refractivity contribution in [3.63, 3.8) is 0 Å². The van der Waals surface area contributed by atoms with Crippen LogP contribution in [0.15, 0.2) is 18.2 Å². The second kappa shape index (κ2) is 5.22. The van der Waals surface area contributed by atoms with E-state index in [2.05, 4.69) is 4.98 Å². The lowest BCUT2D eigenvalue weighted by Gasteiger charge is -2.16. The molecular formula is C15H18ClN3O2. The highest BCUT2D eigenvalue weighted by atomic mass is 35.5. The summed E-state index contributed by atoms with van der Waals surface area (Å²) in [6.45, 7) is 2.63. The summed E-state index contributed by atoms with van der Waals surface area (Å²) in [6, 6.07) is 5.48. The standard InChI is InChI=1S/C15H18ClN3O2/c1-9(16)14-17-11-8-10(21-3)4-5-12(11)19(14)13-6-7-18(2)15(13)20/h4-5,8-9,13H,6-7H2,1-3H3. The second-order valence-corrected chi connectivity index (χ2v) is 6.03. The lowest BCUT2D eigenvalue weighted by molar-refractivity contribution is -0.129. The Bertz CT molecular complexity index is 696. The summed E-state index contributed by atoms with van der Waals surface area (Å²) in [6.07, 6.45) is 0.781. The molecule has 112 valence electrons. The molecule has 2 atom stereocenters. The van der Waals surface area contributed by atoms with Crippen molar-refractivity contribution in [3.8, 4) is 5.75 Å². The SMILES string of the molecule is COc1ccc2c(c1)nc(C(C)Cl)n2C1CCN(C)C1=O. The molecule has 6 heteroatoms. The molecule has 2 aromatic rings. The van der Waals surface area contributed by atoms with E-state index in [4.69, 9.17) is 16.3 Å². The van der Waals surface area contributed by atoms with Crippen molar-refractivity contribution in [2.24, 2.45) is 0 Å². The molecule has 0 spiro atoms. The van der Waals surface area contributed by atoms with Gasteiger partial charge in [-0.3, -0.25) is 4.79 Å². The monoisotopic (exact) mass is 307 g/mol. The van der Waals surface area contributed by atoms with E-state index in [0.717, 1.165) is 35.6 Å². The van der Waals surface area contributed by atoms with Gasteiger partial charge in [0.1, 0.15) is 17.6 Å². The van der Waals surface area contributed by atoms with Crippen LogP contribution in [0.3, 0.4) is 0 Å². The van der Waals surface area contributed by atoms with Gasteiger partial charge in [0.05, 0.1) is 23.5 Å². The molecule has 1 aromatic carbocycles. The number of benzene rings is 1. The van der Waals surface area contributed by atoms with Gasteiger partial charge in [-0.1, -0.05) is 0 Å². The zero-order valence-electron chi connectivity index (χ0n) is 12.3. The van der Waals surface area contributed by atoms with E-state index in [0.29, 0.717) is 0 Å². The summed E-state index contributed by atoms with van der Waals surface area (Å²) in [4.78, 5) is 18.7. The van der Waals surface area contributed by atoms with Crippen LogP contribution in [0.4, 0.5) is 0 Å². The van der Waals surface area contributed by atoms with E-state index < -0.39 is 0 Å². The molecule has 0 bridgehead atoms. The quantitative estimate of drug-likeness (QED) is 0.819. The molecular weight excluding hydrogens is 290 g/mol. The molecule has 0 saturated carbocycles. The van der Waals surface area contributed by atoms with Crippen LogP contribution >= 0.6 is 11.6 Å². The second-order valence-electron chi connectivity index (χ2n) is 5.37. The minimum atomic E-state index is -0.262. The fraction of sp³-hybridized carbons (Fsp3) is 0.467. The van der Waals surface area contributed by atoms with E-state index in [9.17, 15) is 4.79 Å². The van der Waals surface area contributed by atoms with E-state index >= 15 is 0 Å². The van der Waals surface area contributed by atoms with Gasteiger partial charge in [0.15, 0.2) is 0 Å². The van der Waals surface area contributed by atoms with Crippen molar-refractivity contribution in [3.05, 3.63) is 24.0 Å². The van der Waals surface area contributed by atoms with Gasteiger partial charge in [-0.15, -0.1) is 11.6 Å². The number of methoxy groups -OCH3 is 1. The summed E-state index contributed by atoms with van der Waals surface area (Å²) >= 11 is 6.28. The molecule has 0 radical (unpaired) electrons. The smallest absolute Gasteiger partial charge is 0.245 e. The fourth-order valence-electron chi connectivity index (χ4n) is 2.88. The van der Waals surface area contributed by atoms with Crippen LogP contribution in [-0.4, -0.2) is 41.1 Å². The van der Waals surface area contributed by atoms with E-state index in [-0.39, 0.29) is 17.3 Å². The van der Waals surface area contributed by atoms with Crippen LogP contribution < -0.4 is 4.74 Å². The van der Waals surface area contributed by atoms with Gasteiger partial charge in [-0.05, 0) is 25.5 Å². The minimum absolute atomic E-state index is 0.115. The largest absolute Gasteiger partial charge is 0.497 e. The highest BCUT2D eigenvalue weighted by Gasteiger charge is 2.34. The number of carbonyl (C=O) groups excluding carboxylic acids is 1. The molecule has 0 aliphatic carbocycles. The number of likely N-dealkylation sites (N-methyl/N-ethyl adjacent to an activating group) is 1. The maximum atomic E-state index is 12.4. The lowest BCUT2D eigenvalue weighted by atomic mass is 10.2. The van der Waals surface area contributed by atoms with Crippen molar-refractivity contribution in [1.82, 2.24) is 14.5 Å². The summed E-state index contributed by atoms with van der Waals surface area (Å²) in [7, 11) is 3.45. The number of aromatic nitrogens is 2. The van der Waals surface area contributed by atoms with Crippen LogP contribution in [-0.2, 0) is 4.79 Å². The average Bonchev–Trinajstić information content (AvgIpc) is 2.99. The van der Waals surface area contributed by atoms with Gasteiger partial charge in [-0.25, -0.2) is 4.98 Å². The third kappa shape index (κ3) is 2.25. The predicted molar refractivity (Wildman–Crippen MR) is 81.8 cm³/mol. The number of hydrogen-bond donors (Lipinski definition) is 0. The number of alkyl halides is 1. The Kier molecular flexibility index (Phi) is 3.53. The number of imidazole rings is 1. The molecule has 2 unspecified atom stereocenters. The molecule has 5 nitrogen and oxygen atoms in total. The summed E-state index contributed by atoms with van der Waals surface area (Å²) < 4.78 is 7.22. The van der Waals surface area contributed by atoms with E-state index in [1.807, 2.05) is 36.7 Å². The Balaban J connectivity index is 2.19. The third-order valence-corrected chi connectivity index (χ3v) is 4.19. The molecule has 1 aliphatic heterocycles. The molecule has 1 aromatic heterocycles. The molecule has 3 rings (SSSR count). The summed E-state index contributed by atoms with van der Waals surface area (Å²) in [5.41, 5.74) is 1.73. The van der Waals surface area contributed by atoms with Gasteiger partial charge in [0.25, 0.3) is 0 Å². The van der Waals surface area contributed by atoms with Crippen LogP contribution in [0.2, 0.25) is 0 Å². The highest BCUT2D eigenvalue weighted by Crippen LogP contribution is 2.33. The molecule has 1 saturated heterocycles. The minimum Gasteiger partial charge on any atom is -0.497 e. The van der Waals surface area contributed by atoms with Gasteiger partial charge < -0.3 is 14.2 Å². The Morgan fingerprint density at radius 3 is 2.81 bits per heavy atom. The van der Waals surface area contributed by atoms with Crippen molar-refractivity contribution in [2.45, 2.75) is 24.8 Å². The van der Waals surface area contributed by atoms with Crippen LogP contribution in [0, 0.1) is 0 Å². The van der Waals surface area contributed by atoms with Gasteiger partial charge in [0.2, 0.25) is 5.91 Å². The normalized spacial score (nSPS) is 20.3. The molecule has 2 heterocycles. The molecule has 1 fully saturated rings. The molecule has 1 amide bonds. The Hall–Kier alpha value is -1.75. The number of rotatable bonds is 3. The van der Waals surface area contributed by atoms with Crippen LogP contribution in [0.1, 0.15) is 30.6 Å². The predicted octanol–water partition coefficient (Wildman–Crippen LogP) is 2.75. The average molecular weight is 308 g/mol. The Labute approximate surface area is 128 Å². The van der Waals surface area contributed by atoms with Crippen LogP contribution in [0.5, 0.6) is 5.75 Å². The zero-order chi connectivity index (χ0) is 15.1. The van der Waals surface area contributed by atoms with Crippen molar-refractivity contribution in [2.75, 3.05) is 20.7 Å². The van der Waals surface area contributed by atoms with Gasteiger partial charge in [0, 0.05) is 19.7 Å². The summed E-state index contributed by atoms with van der Waals surface area (Å²) in [5.74, 6) is 1.59. The third-order valence-electron chi connectivity index (χ3n) is 3.99. The fourth-order valence-corrected chi connectivity index (χ4v) is 3.03. The number of carbonyl (C=O) groups is 1. The number of likely N-dealkylation sites (tertiary alicyclic amines) is 1. The van der Waals surface area contributed by atoms with Crippen molar-refractivity contribution < 1.29 is 9.53 Å². The first-order chi connectivity index (χ1) is 10.0. The van der Waals surface area contributed by atoms with Crippen molar-refractivity contribution in [1.29, 1.82) is 0 Å². The Morgan fingerprint density at radius 2 is 2.24 bits per heavy atom. The summed E-state index contributed by atoms with van der Waals surface area (Å²) in [5, 5.41) is -0.262. The number of nitrogens with zero attached hydrogens (tertiary/aromatic N) is 3. The highest BCUT2D eigenvalue weighted by molar-refractivity contribution is 6.20. The lowest BCUT2D eigenvalue weighted by Crippen LogP contribution is -2.25. The van der Waals surface area contributed by atoms with Gasteiger partial charge in [-0.2, -0.15) is 0 Å². The first-order valence-corrected chi connectivity index (χ1v) is 7.41. The first-order valence-electron chi connectivity index (χ1n) is 6.98. The van der Waals surface area contributed by atoms with Crippen molar-refractivity contribution >= 4 is 28.5 Å². The topological polar surface area (TPSA) is 47.4 Å².